The molecule has 0 spiro atoms. The van der Waals surface area contributed by atoms with Crippen LogP contribution in [0, 0.1) is 0 Å². The van der Waals surface area contributed by atoms with E-state index < -0.39 is 0 Å². The molecule has 1 aliphatic rings. The third kappa shape index (κ3) is 3.56. The van der Waals surface area contributed by atoms with Crippen LogP contribution in [-0.2, 0) is 22.6 Å². The number of aryl methyl sites for hydroxylation is 1. The van der Waals surface area contributed by atoms with E-state index in [4.69, 9.17) is 4.74 Å². The number of ether oxygens (including phenoxy) is 1. The van der Waals surface area contributed by atoms with Crippen molar-refractivity contribution in [2.24, 2.45) is 0 Å². The molecule has 0 atom stereocenters. The van der Waals surface area contributed by atoms with Gasteiger partial charge in [-0.2, -0.15) is 0 Å². The maximum absolute atomic E-state index is 12.2. The zero-order chi connectivity index (χ0) is 16.9. The number of hydrogen-bond donors (Lipinski definition) is 1. The Morgan fingerprint density at radius 2 is 1.88 bits per heavy atom. The van der Waals surface area contributed by atoms with Gasteiger partial charge in [0.15, 0.2) is 0 Å². The number of carbonyl (C=O) groups excluding carboxylic acids is 2. The van der Waals surface area contributed by atoms with Crippen LogP contribution < -0.4 is 15.0 Å². The Morgan fingerprint density at radius 3 is 2.62 bits per heavy atom. The molecule has 5 heteroatoms. The summed E-state index contributed by atoms with van der Waals surface area (Å²) in [6.07, 6.45) is 1.18. The molecule has 0 saturated carbocycles. The van der Waals surface area contributed by atoms with E-state index in [1.807, 2.05) is 48.5 Å². The highest BCUT2D eigenvalue weighted by Gasteiger charge is 2.25. The summed E-state index contributed by atoms with van der Waals surface area (Å²) in [6, 6.07) is 15.3. The number of fused-ring (bicyclic) bond motifs is 1. The van der Waals surface area contributed by atoms with Gasteiger partial charge in [0, 0.05) is 18.7 Å². The van der Waals surface area contributed by atoms with Crippen molar-refractivity contribution in [1.29, 1.82) is 0 Å². The molecule has 2 aromatic rings. The van der Waals surface area contributed by atoms with Gasteiger partial charge in [-0.25, -0.2) is 0 Å². The van der Waals surface area contributed by atoms with Crippen LogP contribution in [0.3, 0.4) is 0 Å². The first-order valence-electron chi connectivity index (χ1n) is 7.95. The largest absolute Gasteiger partial charge is 0.497 e. The van der Waals surface area contributed by atoms with Crippen LogP contribution in [0.15, 0.2) is 48.5 Å². The lowest BCUT2D eigenvalue weighted by molar-refractivity contribution is -0.124. The zero-order valence-corrected chi connectivity index (χ0v) is 13.6. The van der Waals surface area contributed by atoms with Gasteiger partial charge >= 0.3 is 0 Å². The Kier molecular flexibility index (Phi) is 4.79. The first kappa shape index (κ1) is 16.1. The average Bonchev–Trinajstić information content (AvgIpc) is 2.63. The molecular weight excluding hydrogens is 304 g/mol. The normalized spacial score (nSPS) is 13.4. The predicted molar refractivity (Wildman–Crippen MR) is 92.0 cm³/mol. The second-order valence-corrected chi connectivity index (χ2v) is 5.73. The summed E-state index contributed by atoms with van der Waals surface area (Å²) in [5.74, 6) is 0.602. The summed E-state index contributed by atoms with van der Waals surface area (Å²) < 4.78 is 5.11. The summed E-state index contributed by atoms with van der Waals surface area (Å²) in [7, 11) is 1.62. The number of hydrogen-bond acceptors (Lipinski definition) is 3. The summed E-state index contributed by atoms with van der Waals surface area (Å²) in [4.78, 5) is 26.0. The van der Waals surface area contributed by atoms with Gasteiger partial charge in [-0.05, 0) is 35.7 Å². The Morgan fingerprint density at radius 1 is 1.12 bits per heavy atom. The molecule has 1 heterocycles. The van der Waals surface area contributed by atoms with Crippen molar-refractivity contribution in [1.82, 2.24) is 5.32 Å². The van der Waals surface area contributed by atoms with E-state index in [0.717, 1.165) is 29.0 Å². The van der Waals surface area contributed by atoms with Crippen molar-refractivity contribution in [2.45, 2.75) is 19.4 Å². The highest BCUT2D eigenvalue weighted by atomic mass is 16.5. The summed E-state index contributed by atoms with van der Waals surface area (Å²) in [6.45, 7) is 0.471. The maximum Gasteiger partial charge on any atom is 0.240 e. The molecule has 0 aromatic heterocycles. The van der Waals surface area contributed by atoms with Gasteiger partial charge in [-0.15, -0.1) is 0 Å². The fourth-order valence-electron chi connectivity index (χ4n) is 2.81. The molecule has 1 aliphatic heterocycles. The Labute approximate surface area is 141 Å². The van der Waals surface area contributed by atoms with Gasteiger partial charge in [0.05, 0.1) is 7.11 Å². The molecule has 0 saturated heterocycles. The second-order valence-electron chi connectivity index (χ2n) is 5.73. The van der Waals surface area contributed by atoms with Crippen molar-refractivity contribution in [3.05, 3.63) is 59.7 Å². The quantitative estimate of drug-likeness (QED) is 0.918. The number of carbonyl (C=O) groups is 2. The van der Waals surface area contributed by atoms with E-state index >= 15 is 0 Å². The van der Waals surface area contributed by atoms with E-state index in [-0.39, 0.29) is 18.4 Å². The third-order valence-electron chi connectivity index (χ3n) is 4.14. The van der Waals surface area contributed by atoms with Crippen molar-refractivity contribution in [3.8, 4) is 5.75 Å². The number of nitrogens with zero attached hydrogens (tertiary/aromatic N) is 1. The number of amides is 2. The van der Waals surface area contributed by atoms with Gasteiger partial charge in [0.25, 0.3) is 0 Å². The van der Waals surface area contributed by atoms with Crippen molar-refractivity contribution in [3.63, 3.8) is 0 Å². The molecule has 5 nitrogen and oxygen atoms in total. The van der Waals surface area contributed by atoms with E-state index in [9.17, 15) is 9.59 Å². The molecule has 3 rings (SSSR count). The monoisotopic (exact) mass is 324 g/mol. The van der Waals surface area contributed by atoms with Crippen LogP contribution in [-0.4, -0.2) is 25.5 Å². The smallest absolute Gasteiger partial charge is 0.240 e. The van der Waals surface area contributed by atoms with Crippen LogP contribution in [0.4, 0.5) is 5.69 Å². The highest BCUT2D eigenvalue weighted by Crippen LogP contribution is 2.27. The minimum Gasteiger partial charge on any atom is -0.497 e. The summed E-state index contributed by atoms with van der Waals surface area (Å²) in [5, 5.41) is 2.86. The fourth-order valence-corrected chi connectivity index (χ4v) is 2.81. The molecule has 0 unspecified atom stereocenters. The van der Waals surface area contributed by atoms with Crippen LogP contribution in [0.2, 0.25) is 0 Å². The minimum absolute atomic E-state index is 0.00621. The highest BCUT2D eigenvalue weighted by molar-refractivity contribution is 6.00. The molecule has 2 aromatic carbocycles. The number of rotatable bonds is 5. The minimum atomic E-state index is -0.170. The van der Waals surface area contributed by atoms with E-state index in [0.29, 0.717) is 13.0 Å². The maximum atomic E-state index is 12.2. The van der Waals surface area contributed by atoms with E-state index in [1.165, 1.54) is 0 Å². The fraction of sp³-hybridized carbons (Fsp3) is 0.263. The number of methoxy groups -OCH3 is 1. The van der Waals surface area contributed by atoms with Crippen molar-refractivity contribution >= 4 is 17.5 Å². The number of benzene rings is 2. The second kappa shape index (κ2) is 7.17. The van der Waals surface area contributed by atoms with E-state index in [2.05, 4.69) is 5.32 Å². The molecule has 0 aliphatic carbocycles. The average molecular weight is 324 g/mol. The van der Waals surface area contributed by atoms with Gasteiger partial charge in [-0.3, -0.25) is 9.59 Å². The standard InChI is InChI=1S/C19H20N2O3/c1-24-16-9-6-14(7-10-16)12-20-18(22)13-21-17-5-3-2-4-15(17)8-11-19(21)23/h2-7,9-10H,8,11-13H2,1H3,(H,20,22). The zero-order valence-electron chi connectivity index (χ0n) is 13.6. The van der Waals surface area contributed by atoms with Crippen LogP contribution in [0.5, 0.6) is 5.75 Å². The van der Waals surface area contributed by atoms with Gasteiger partial charge < -0.3 is 15.0 Å². The molecule has 124 valence electrons. The number of para-hydroxylation sites is 1. The first-order chi connectivity index (χ1) is 11.7. The summed E-state index contributed by atoms with van der Waals surface area (Å²) in [5.41, 5.74) is 2.93. The molecule has 0 fully saturated rings. The van der Waals surface area contributed by atoms with Crippen LogP contribution in [0.25, 0.3) is 0 Å². The molecule has 2 amide bonds. The number of nitrogens with one attached hydrogen (secondary N) is 1. The third-order valence-corrected chi connectivity index (χ3v) is 4.14. The lowest BCUT2D eigenvalue weighted by Gasteiger charge is -2.28. The van der Waals surface area contributed by atoms with Crippen LogP contribution >= 0.6 is 0 Å². The lowest BCUT2D eigenvalue weighted by atomic mass is 10.0. The van der Waals surface area contributed by atoms with Gasteiger partial charge in [-0.1, -0.05) is 30.3 Å². The molecule has 24 heavy (non-hydrogen) atoms. The lowest BCUT2D eigenvalue weighted by Crippen LogP contribution is -2.42. The molecular formula is C19H20N2O3. The first-order valence-corrected chi connectivity index (χ1v) is 7.95. The Hall–Kier alpha value is -2.82. The van der Waals surface area contributed by atoms with Crippen LogP contribution in [0.1, 0.15) is 17.5 Å². The van der Waals surface area contributed by atoms with Gasteiger partial charge in [0.1, 0.15) is 12.3 Å². The van der Waals surface area contributed by atoms with Crippen molar-refractivity contribution < 1.29 is 14.3 Å². The molecule has 0 radical (unpaired) electrons. The Balaban J connectivity index is 1.61. The SMILES string of the molecule is COc1ccc(CNC(=O)CN2C(=O)CCc3ccccc32)cc1. The van der Waals surface area contributed by atoms with E-state index in [1.54, 1.807) is 12.0 Å². The molecule has 0 bridgehead atoms. The predicted octanol–water partition coefficient (Wildman–Crippen LogP) is 2.29. The summed E-state index contributed by atoms with van der Waals surface area (Å²) >= 11 is 0. The number of anilines is 1. The Bertz CT molecular complexity index is 741. The van der Waals surface area contributed by atoms with Crippen molar-refractivity contribution in [2.75, 3.05) is 18.6 Å². The topological polar surface area (TPSA) is 58.6 Å². The molecule has 1 N–H and O–H groups in total. The van der Waals surface area contributed by atoms with Gasteiger partial charge in [0.2, 0.25) is 11.8 Å².